The van der Waals surface area contributed by atoms with Gasteiger partial charge in [-0.3, -0.25) is 9.59 Å². The van der Waals surface area contributed by atoms with E-state index < -0.39 is 6.04 Å². The number of rotatable bonds is 11. The third kappa shape index (κ3) is 7.59. The van der Waals surface area contributed by atoms with Crippen molar-refractivity contribution >= 4 is 27.7 Å². The van der Waals surface area contributed by atoms with E-state index in [0.29, 0.717) is 37.6 Å². The minimum absolute atomic E-state index is 0.0683. The second kappa shape index (κ2) is 12.8. The first-order chi connectivity index (χ1) is 17.9. The van der Waals surface area contributed by atoms with Crippen LogP contribution in [0.25, 0.3) is 0 Å². The molecule has 0 saturated heterocycles. The Balaban J connectivity index is 1.58. The molecule has 3 aromatic rings. The Bertz CT molecular complexity index is 1200. The van der Waals surface area contributed by atoms with Crippen molar-refractivity contribution in [3.05, 3.63) is 94.0 Å². The first-order valence-electron chi connectivity index (χ1n) is 12.6. The fraction of sp³-hybridized carbons (Fsp3) is 0.333. The summed E-state index contributed by atoms with van der Waals surface area (Å²) in [4.78, 5) is 29.0. The summed E-state index contributed by atoms with van der Waals surface area (Å²) >= 11 is 3.48. The molecule has 0 aliphatic carbocycles. The molecule has 4 rings (SSSR count). The summed E-state index contributed by atoms with van der Waals surface area (Å²) in [5, 5.41) is 3.06. The van der Waals surface area contributed by atoms with Crippen molar-refractivity contribution in [2.75, 3.05) is 13.3 Å². The highest BCUT2D eigenvalue weighted by Crippen LogP contribution is 2.33. The predicted molar refractivity (Wildman–Crippen MR) is 147 cm³/mol. The normalized spacial score (nSPS) is 12.9. The Labute approximate surface area is 227 Å². The number of amides is 2. The van der Waals surface area contributed by atoms with Gasteiger partial charge in [0.2, 0.25) is 18.6 Å². The number of ether oxygens (including phenoxy) is 2. The number of benzene rings is 3. The minimum Gasteiger partial charge on any atom is -0.454 e. The monoisotopic (exact) mass is 564 g/mol. The van der Waals surface area contributed by atoms with Crippen LogP contribution < -0.4 is 14.8 Å². The molecule has 7 heteroatoms. The molecule has 1 N–H and O–H groups in total. The smallest absolute Gasteiger partial charge is 0.243 e. The third-order valence-corrected chi connectivity index (χ3v) is 6.81. The predicted octanol–water partition coefficient (Wildman–Crippen LogP) is 5.52. The number of nitrogens with zero attached hydrogens (tertiary/aromatic N) is 1. The van der Waals surface area contributed by atoms with Crippen LogP contribution in [-0.2, 0) is 29.0 Å². The molecule has 0 unspecified atom stereocenters. The lowest BCUT2D eigenvalue weighted by Gasteiger charge is -2.32. The van der Waals surface area contributed by atoms with E-state index in [4.69, 9.17) is 9.47 Å². The molecular formula is C30H33BrN2O4. The molecule has 1 aliphatic rings. The molecular weight excluding hydrogens is 532 g/mol. The van der Waals surface area contributed by atoms with Gasteiger partial charge in [-0.25, -0.2) is 0 Å². The summed E-state index contributed by atoms with van der Waals surface area (Å²) in [6.07, 6.45) is 1.26. The summed E-state index contributed by atoms with van der Waals surface area (Å²) in [5.41, 5.74) is 2.97. The number of aryl methyl sites for hydroxylation is 1. The van der Waals surface area contributed by atoms with Crippen LogP contribution in [0.5, 0.6) is 11.5 Å². The second-order valence-corrected chi connectivity index (χ2v) is 10.6. The second-order valence-electron chi connectivity index (χ2n) is 9.68. The largest absolute Gasteiger partial charge is 0.454 e. The highest BCUT2D eigenvalue weighted by Gasteiger charge is 2.30. The lowest BCUT2D eigenvalue weighted by Crippen LogP contribution is -2.51. The van der Waals surface area contributed by atoms with E-state index in [1.165, 1.54) is 0 Å². The molecule has 6 nitrogen and oxygen atoms in total. The van der Waals surface area contributed by atoms with Gasteiger partial charge in [0.25, 0.3) is 0 Å². The lowest BCUT2D eigenvalue weighted by atomic mass is 10.0. The molecule has 194 valence electrons. The van der Waals surface area contributed by atoms with Gasteiger partial charge in [0.05, 0.1) is 0 Å². The lowest BCUT2D eigenvalue weighted by molar-refractivity contribution is -0.141. The fourth-order valence-corrected chi connectivity index (χ4v) is 4.52. The van der Waals surface area contributed by atoms with Crippen LogP contribution in [0.3, 0.4) is 0 Å². The molecule has 3 aromatic carbocycles. The van der Waals surface area contributed by atoms with Crippen LogP contribution in [-0.4, -0.2) is 36.1 Å². The average molecular weight is 566 g/mol. The van der Waals surface area contributed by atoms with Crippen LogP contribution in [0.2, 0.25) is 0 Å². The molecule has 2 amide bonds. The highest BCUT2D eigenvalue weighted by atomic mass is 79.9. The zero-order chi connectivity index (χ0) is 26.2. The molecule has 0 radical (unpaired) electrons. The van der Waals surface area contributed by atoms with E-state index in [2.05, 4.69) is 35.1 Å². The number of hydrogen-bond donors (Lipinski definition) is 1. The third-order valence-electron chi connectivity index (χ3n) is 6.29. The van der Waals surface area contributed by atoms with Crippen molar-refractivity contribution in [1.29, 1.82) is 0 Å². The Kier molecular flexibility index (Phi) is 9.23. The molecule has 1 aliphatic heterocycles. The average Bonchev–Trinajstić information content (AvgIpc) is 3.37. The Hall–Kier alpha value is -3.32. The van der Waals surface area contributed by atoms with Crippen LogP contribution in [0.1, 0.15) is 37.0 Å². The maximum Gasteiger partial charge on any atom is 0.243 e. The van der Waals surface area contributed by atoms with Crippen molar-refractivity contribution < 1.29 is 19.1 Å². The molecule has 0 spiro atoms. The maximum atomic E-state index is 13.8. The van der Waals surface area contributed by atoms with Gasteiger partial charge in [0.15, 0.2) is 11.5 Å². The minimum atomic E-state index is -0.631. The molecule has 0 bridgehead atoms. The van der Waals surface area contributed by atoms with Crippen molar-refractivity contribution in [1.82, 2.24) is 10.2 Å². The number of nitrogens with one attached hydrogen (secondary N) is 1. The van der Waals surface area contributed by atoms with Crippen molar-refractivity contribution in [2.24, 2.45) is 5.92 Å². The summed E-state index contributed by atoms with van der Waals surface area (Å²) in [6, 6.07) is 22.9. The number of halogens is 1. The first kappa shape index (κ1) is 26.7. The van der Waals surface area contributed by atoms with E-state index in [9.17, 15) is 9.59 Å². The molecule has 1 heterocycles. The van der Waals surface area contributed by atoms with Gasteiger partial charge in [-0.2, -0.15) is 0 Å². The topological polar surface area (TPSA) is 67.9 Å². The molecule has 37 heavy (non-hydrogen) atoms. The van der Waals surface area contributed by atoms with Gasteiger partial charge in [-0.15, -0.1) is 0 Å². The number of carbonyl (C=O) groups excluding carboxylic acids is 2. The van der Waals surface area contributed by atoms with E-state index in [-0.39, 0.29) is 25.0 Å². The molecule has 1 atom stereocenters. The highest BCUT2D eigenvalue weighted by molar-refractivity contribution is 9.10. The van der Waals surface area contributed by atoms with Crippen LogP contribution >= 0.6 is 15.9 Å². The Morgan fingerprint density at radius 1 is 0.919 bits per heavy atom. The summed E-state index contributed by atoms with van der Waals surface area (Å²) in [6.45, 7) is 5.23. The molecule has 0 fully saturated rings. The standard InChI is InChI=1S/C30H33BrN2O4/c1-21(2)18-32-30(35)26(16-22-6-4-3-5-7-22)33(19-24-8-12-25(31)13-9-24)29(34)15-11-23-10-14-27-28(17-23)37-20-36-27/h3-10,12-14,17,21,26H,11,15-16,18-20H2,1-2H3,(H,32,35)/t26-/m1/s1. The van der Waals surface area contributed by atoms with Gasteiger partial charge in [-0.05, 0) is 53.3 Å². The van der Waals surface area contributed by atoms with Crippen molar-refractivity contribution in [3.63, 3.8) is 0 Å². The Morgan fingerprint density at radius 2 is 1.62 bits per heavy atom. The van der Waals surface area contributed by atoms with Crippen LogP contribution in [0.15, 0.2) is 77.3 Å². The molecule has 0 saturated carbocycles. The van der Waals surface area contributed by atoms with Gasteiger partial charge >= 0.3 is 0 Å². The summed E-state index contributed by atoms with van der Waals surface area (Å²) in [7, 11) is 0. The van der Waals surface area contributed by atoms with Crippen molar-refractivity contribution in [3.8, 4) is 11.5 Å². The fourth-order valence-electron chi connectivity index (χ4n) is 4.25. The van der Waals surface area contributed by atoms with Crippen LogP contribution in [0.4, 0.5) is 0 Å². The van der Waals surface area contributed by atoms with Gasteiger partial charge in [0, 0.05) is 30.4 Å². The maximum absolute atomic E-state index is 13.8. The van der Waals surface area contributed by atoms with E-state index in [1.807, 2.05) is 72.8 Å². The van der Waals surface area contributed by atoms with E-state index in [1.54, 1.807) is 4.90 Å². The van der Waals surface area contributed by atoms with Crippen LogP contribution in [0, 0.1) is 5.92 Å². The Morgan fingerprint density at radius 3 is 2.35 bits per heavy atom. The zero-order valence-electron chi connectivity index (χ0n) is 21.3. The van der Waals surface area contributed by atoms with Crippen molar-refractivity contribution in [2.45, 2.75) is 45.7 Å². The van der Waals surface area contributed by atoms with E-state index >= 15 is 0 Å². The zero-order valence-corrected chi connectivity index (χ0v) is 22.9. The quantitative estimate of drug-likeness (QED) is 0.333. The van der Waals surface area contributed by atoms with Gasteiger partial charge < -0.3 is 19.7 Å². The number of carbonyl (C=O) groups is 2. The number of fused-ring (bicyclic) bond motifs is 1. The summed E-state index contributed by atoms with van der Waals surface area (Å²) < 4.78 is 11.9. The van der Waals surface area contributed by atoms with Gasteiger partial charge in [-0.1, -0.05) is 78.3 Å². The number of hydrogen-bond acceptors (Lipinski definition) is 4. The van der Waals surface area contributed by atoms with E-state index in [0.717, 1.165) is 26.9 Å². The summed E-state index contributed by atoms with van der Waals surface area (Å²) in [5.74, 6) is 1.53. The first-order valence-corrected chi connectivity index (χ1v) is 13.4. The molecule has 0 aromatic heterocycles. The van der Waals surface area contributed by atoms with Gasteiger partial charge in [0.1, 0.15) is 6.04 Å². The SMILES string of the molecule is CC(C)CNC(=O)[C@@H](Cc1ccccc1)N(Cc1ccc(Br)cc1)C(=O)CCc1ccc2c(c1)OCO2.